The lowest BCUT2D eigenvalue weighted by Crippen LogP contribution is -2.31. The highest BCUT2D eigenvalue weighted by Gasteiger charge is 2.27. The second kappa shape index (κ2) is 6.90. The largest absolute Gasteiger partial charge is 0.310 e. The Hall–Kier alpha value is -0.340. The molecular weight excluding hydrogens is 298 g/mol. The Kier molecular flexibility index (Phi) is 5.47. The van der Waals surface area contributed by atoms with E-state index in [0.29, 0.717) is 6.04 Å². The molecule has 1 aliphatic rings. The van der Waals surface area contributed by atoms with Gasteiger partial charge in [-0.25, -0.2) is 0 Å². The first-order chi connectivity index (χ1) is 9.11. The summed E-state index contributed by atoms with van der Waals surface area (Å²) < 4.78 is 1.18. The van der Waals surface area contributed by atoms with E-state index in [1.165, 1.54) is 41.3 Å². The van der Waals surface area contributed by atoms with Gasteiger partial charge in [0.15, 0.2) is 0 Å². The molecule has 1 aromatic rings. The molecule has 0 amide bonds. The molecule has 0 spiro atoms. The summed E-state index contributed by atoms with van der Waals surface area (Å²) in [6.07, 6.45) is 5.52. The van der Waals surface area contributed by atoms with Gasteiger partial charge in [-0.15, -0.1) is 0 Å². The van der Waals surface area contributed by atoms with Crippen LogP contribution in [0, 0.1) is 18.8 Å². The van der Waals surface area contributed by atoms with E-state index in [4.69, 9.17) is 0 Å². The first-order valence-electron chi connectivity index (χ1n) is 7.61. The van der Waals surface area contributed by atoms with Crippen molar-refractivity contribution < 1.29 is 0 Å². The first-order valence-corrected chi connectivity index (χ1v) is 8.40. The van der Waals surface area contributed by atoms with Gasteiger partial charge in [-0.05, 0) is 61.4 Å². The van der Waals surface area contributed by atoms with Crippen molar-refractivity contribution in [2.75, 3.05) is 6.54 Å². The third kappa shape index (κ3) is 3.82. The van der Waals surface area contributed by atoms with E-state index in [2.05, 4.69) is 60.2 Å². The minimum absolute atomic E-state index is 0.533. The van der Waals surface area contributed by atoms with Crippen molar-refractivity contribution in [3.05, 3.63) is 33.8 Å². The van der Waals surface area contributed by atoms with Gasteiger partial charge in [-0.1, -0.05) is 48.7 Å². The van der Waals surface area contributed by atoms with Crippen LogP contribution in [-0.2, 0) is 0 Å². The zero-order chi connectivity index (χ0) is 13.8. The molecule has 1 fully saturated rings. The van der Waals surface area contributed by atoms with Gasteiger partial charge in [0.1, 0.15) is 0 Å². The maximum atomic E-state index is 3.73. The Bertz CT molecular complexity index is 408. The molecule has 1 aromatic carbocycles. The van der Waals surface area contributed by atoms with Gasteiger partial charge in [-0.2, -0.15) is 0 Å². The normalized spacial score (nSPS) is 25.3. The molecule has 1 saturated carbocycles. The predicted octanol–water partition coefficient (Wildman–Crippen LogP) is 5.23. The zero-order valence-electron chi connectivity index (χ0n) is 12.4. The van der Waals surface area contributed by atoms with Crippen LogP contribution in [0.15, 0.2) is 22.7 Å². The minimum atomic E-state index is 0.533. The highest BCUT2D eigenvalue weighted by atomic mass is 79.9. The van der Waals surface area contributed by atoms with Crippen molar-refractivity contribution >= 4 is 15.9 Å². The summed E-state index contributed by atoms with van der Waals surface area (Å²) >= 11 is 3.57. The fourth-order valence-electron chi connectivity index (χ4n) is 3.36. The first kappa shape index (κ1) is 15.1. The standard InChI is InChI=1S/C17H26BrN/c1-4-19-17(14-7-5-12(2)6-8-14)16-10-9-15(18)11-13(16)3/h9-12,14,17,19H,4-8H2,1-3H3. The van der Waals surface area contributed by atoms with E-state index >= 15 is 0 Å². The van der Waals surface area contributed by atoms with Crippen molar-refractivity contribution in [1.82, 2.24) is 5.32 Å². The SMILES string of the molecule is CCNC(c1ccc(Br)cc1C)C1CCC(C)CC1. The van der Waals surface area contributed by atoms with Crippen molar-refractivity contribution in [3.8, 4) is 0 Å². The predicted molar refractivity (Wildman–Crippen MR) is 86.4 cm³/mol. The van der Waals surface area contributed by atoms with Crippen molar-refractivity contribution in [3.63, 3.8) is 0 Å². The van der Waals surface area contributed by atoms with Crippen LogP contribution in [0.1, 0.15) is 56.7 Å². The maximum absolute atomic E-state index is 3.73. The molecule has 1 atom stereocenters. The summed E-state index contributed by atoms with van der Waals surface area (Å²) in [6, 6.07) is 7.25. The smallest absolute Gasteiger partial charge is 0.0351 e. The highest BCUT2D eigenvalue weighted by molar-refractivity contribution is 9.10. The molecule has 19 heavy (non-hydrogen) atoms. The highest BCUT2D eigenvalue weighted by Crippen LogP contribution is 2.38. The van der Waals surface area contributed by atoms with E-state index < -0.39 is 0 Å². The molecule has 2 rings (SSSR count). The lowest BCUT2D eigenvalue weighted by molar-refractivity contribution is 0.233. The second-order valence-electron chi connectivity index (χ2n) is 6.06. The Morgan fingerprint density at radius 1 is 1.26 bits per heavy atom. The minimum Gasteiger partial charge on any atom is -0.310 e. The molecule has 0 saturated heterocycles. The molecule has 1 N–H and O–H groups in total. The maximum Gasteiger partial charge on any atom is 0.0351 e. The van der Waals surface area contributed by atoms with Gasteiger partial charge in [-0.3, -0.25) is 0 Å². The second-order valence-corrected chi connectivity index (χ2v) is 6.97. The lowest BCUT2D eigenvalue weighted by Gasteiger charge is -2.34. The number of nitrogens with one attached hydrogen (secondary N) is 1. The summed E-state index contributed by atoms with van der Waals surface area (Å²) in [4.78, 5) is 0. The molecule has 1 aliphatic carbocycles. The van der Waals surface area contributed by atoms with Gasteiger partial charge in [0, 0.05) is 10.5 Å². The summed E-state index contributed by atoms with van der Waals surface area (Å²) in [5, 5.41) is 3.73. The Labute approximate surface area is 126 Å². The van der Waals surface area contributed by atoms with E-state index in [0.717, 1.165) is 18.4 Å². The Morgan fingerprint density at radius 3 is 2.53 bits per heavy atom. The van der Waals surface area contributed by atoms with E-state index in [1.54, 1.807) is 0 Å². The van der Waals surface area contributed by atoms with Gasteiger partial charge in [0.05, 0.1) is 0 Å². The van der Waals surface area contributed by atoms with Crippen molar-refractivity contribution in [2.24, 2.45) is 11.8 Å². The molecule has 0 radical (unpaired) electrons. The Morgan fingerprint density at radius 2 is 1.95 bits per heavy atom. The van der Waals surface area contributed by atoms with Crippen LogP contribution < -0.4 is 5.32 Å². The van der Waals surface area contributed by atoms with Crippen LogP contribution in [0.5, 0.6) is 0 Å². The van der Waals surface area contributed by atoms with E-state index in [9.17, 15) is 0 Å². The number of rotatable bonds is 4. The summed E-state index contributed by atoms with van der Waals surface area (Å²) in [5.74, 6) is 1.72. The number of aryl methyl sites for hydroxylation is 1. The average molecular weight is 324 g/mol. The molecule has 1 nitrogen and oxygen atoms in total. The molecule has 0 bridgehead atoms. The lowest BCUT2D eigenvalue weighted by atomic mass is 9.76. The van der Waals surface area contributed by atoms with Gasteiger partial charge in [0.2, 0.25) is 0 Å². The molecule has 0 aromatic heterocycles. The topological polar surface area (TPSA) is 12.0 Å². The number of halogens is 1. The Balaban J connectivity index is 2.19. The molecule has 0 aliphatic heterocycles. The van der Waals surface area contributed by atoms with Crippen LogP contribution in [0.25, 0.3) is 0 Å². The molecule has 2 heteroatoms. The molecule has 106 valence electrons. The number of hydrogen-bond donors (Lipinski definition) is 1. The average Bonchev–Trinajstić information content (AvgIpc) is 2.38. The quantitative estimate of drug-likeness (QED) is 0.799. The van der Waals surface area contributed by atoms with Gasteiger partial charge < -0.3 is 5.32 Å². The van der Waals surface area contributed by atoms with Crippen molar-refractivity contribution in [1.29, 1.82) is 0 Å². The van der Waals surface area contributed by atoms with Crippen LogP contribution >= 0.6 is 15.9 Å². The molecule has 0 heterocycles. The van der Waals surface area contributed by atoms with E-state index in [-0.39, 0.29) is 0 Å². The third-order valence-electron chi connectivity index (χ3n) is 4.52. The summed E-state index contributed by atoms with van der Waals surface area (Å²) in [6.45, 7) is 7.89. The third-order valence-corrected chi connectivity index (χ3v) is 5.02. The van der Waals surface area contributed by atoms with E-state index in [1.807, 2.05) is 0 Å². The van der Waals surface area contributed by atoms with Crippen LogP contribution in [-0.4, -0.2) is 6.54 Å². The molecular formula is C17H26BrN. The summed E-state index contributed by atoms with van der Waals surface area (Å²) in [5.41, 5.74) is 2.89. The van der Waals surface area contributed by atoms with Crippen LogP contribution in [0.4, 0.5) is 0 Å². The van der Waals surface area contributed by atoms with Crippen LogP contribution in [0.3, 0.4) is 0 Å². The zero-order valence-corrected chi connectivity index (χ0v) is 14.0. The molecule has 1 unspecified atom stereocenters. The van der Waals surface area contributed by atoms with Crippen molar-refractivity contribution in [2.45, 2.75) is 52.5 Å². The monoisotopic (exact) mass is 323 g/mol. The van der Waals surface area contributed by atoms with Gasteiger partial charge in [0.25, 0.3) is 0 Å². The summed E-state index contributed by atoms with van der Waals surface area (Å²) in [7, 11) is 0. The number of hydrogen-bond acceptors (Lipinski definition) is 1. The van der Waals surface area contributed by atoms with Crippen LogP contribution in [0.2, 0.25) is 0 Å². The fraction of sp³-hybridized carbons (Fsp3) is 0.647. The fourth-order valence-corrected chi connectivity index (χ4v) is 3.83. The number of benzene rings is 1. The van der Waals surface area contributed by atoms with Gasteiger partial charge >= 0.3 is 0 Å².